The lowest BCUT2D eigenvalue weighted by molar-refractivity contribution is -0.132. The summed E-state index contributed by atoms with van der Waals surface area (Å²) >= 11 is 0. The van der Waals surface area contributed by atoms with E-state index in [1.807, 2.05) is 0 Å². The molecular formula is C14H26N2O. The van der Waals surface area contributed by atoms with Crippen molar-refractivity contribution in [2.45, 2.75) is 65.6 Å². The fraction of sp³-hybridized carbons (Fsp3) is 0.929. The van der Waals surface area contributed by atoms with Crippen LogP contribution < -0.4 is 5.32 Å². The number of hydrogen-bond donors (Lipinski definition) is 1. The zero-order chi connectivity index (χ0) is 12.8. The first-order valence-corrected chi connectivity index (χ1v) is 6.91. The Hall–Kier alpha value is -0.570. The van der Waals surface area contributed by atoms with Crippen molar-refractivity contribution in [2.24, 2.45) is 11.3 Å². The molecule has 1 amide bonds. The molecule has 1 N–H and O–H groups in total. The molecule has 0 aromatic rings. The fourth-order valence-electron chi connectivity index (χ4n) is 2.48. The van der Waals surface area contributed by atoms with E-state index < -0.39 is 0 Å². The topological polar surface area (TPSA) is 32.3 Å². The second-order valence-electron chi connectivity index (χ2n) is 6.73. The monoisotopic (exact) mass is 238 g/mol. The third-order valence-corrected chi connectivity index (χ3v) is 4.77. The van der Waals surface area contributed by atoms with Crippen LogP contribution in [0.1, 0.15) is 53.9 Å². The van der Waals surface area contributed by atoms with Crippen LogP contribution in [0.3, 0.4) is 0 Å². The Labute approximate surface area is 105 Å². The molecule has 0 bridgehead atoms. The summed E-state index contributed by atoms with van der Waals surface area (Å²) in [6, 6.07) is 0. The highest BCUT2D eigenvalue weighted by molar-refractivity contribution is 5.91. The Morgan fingerprint density at radius 2 is 2.06 bits per heavy atom. The van der Waals surface area contributed by atoms with E-state index in [2.05, 4.69) is 44.8 Å². The van der Waals surface area contributed by atoms with Crippen LogP contribution >= 0.6 is 0 Å². The van der Waals surface area contributed by atoms with Crippen LogP contribution in [-0.4, -0.2) is 29.1 Å². The van der Waals surface area contributed by atoms with E-state index >= 15 is 0 Å². The summed E-state index contributed by atoms with van der Waals surface area (Å²) in [5.41, 5.74) is 0.0267. The van der Waals surface area contributed by atoms with Crippen LogP contribution in [0, 0.1) is 11.3 Å². The molecular weight excluding hydrogens is 212 g/mol. The molecule has 17 heavy (non-hydrogen) atoms. The Kier molecular flexibility index (Phi) is 3.01. The van der Waals surface area contributed by atoms with E-state index in [1.54, 1.807) is 0 Å². The van der Waals surface area contributed by atoms with Gasteiger partial charge in [-0.25, -0.2) is 0 Å². The van der Waals surface area contributed by atoms with Gasteiger partial charge in [0.05, 0.1) is 11.7 Å². The summed E-state index contributed by atoms with van der Waals surface area (Å²) < 4.78 is 0. The average Bonchev–Trinajstić information content (AvgIpc) is 2.98. The molecule has 0 aromatic heterocycles. The van der Waals surface area contributed by atoms with Gasteiger partial charge < -0.3 is 4.90 Å². The van der Waals surface area contributed by atoms with Crippen molar-refractivity contribution in [3.8, 4) is 0 Å². The molecule has 2 fully saturated rings. The Balaban J connectivity index is 2.11. The molecule has 1 spiro atoms. The molecule has 0 radical (unpaired) electrons. The highest BCUT2D eigenvalue weighted by Crippen LogP contribution is 2.43. The SMILES string of the molecule is CCC1NC2(CC2)C(=O)N1CC(C)(C)C(C)C. The van der Waals surface area contributed by atoms with Gasteiger partial charge in [0.2, 0.25) is 5.91 Å². The molecule has 0 aromatic carbocycles. The minimum Gasteiger partial charge on any atom is -0.325 e. The quantitative estimate of drug-likeness (QED) is 0.815. The maximum Gasteiger partial charge on any atom is 0.244 e. The Morgan fingerprint density at radius 1 is 1.47 bits per heavy atom. The van der Waals surface area contributed by atoms with Gasteiger partial charge in [-0.15, -0.1) is 0 Å². The minimum atomic E-state index is -0.159. The standard InChI is InChI=1S/C14H26N2O/c1-6-11-15-14(7-8-14)12(17)16(11)9-13(4,5)10(2)3/h10-11,15H,6-9H2,1-5H3. The van der Waals surface area contributed by atoms with Crippen molar-refractivity contribution >= 4 is 5.91 Å². The second kappa shape index (κ2) is 3.98. The molecule has 1 saturated carbocycles. The van der Waals surface area contributed by atoms with Gasteiger partial charge in [-0.1, -0.05) is 34.6 Å². The van der Waals surface area contributed by atoms with Crippen LogP contribution in [0.25, 0.3) is 0 Å². The van der Waals surface area contributed by atoms with Gasteiger partial charge in [0, 0.05) is 6.54 Å². The van der Waals surface area contributed by atoms with Crippen molar-refractivity contribution in [3.63, 3.8) is 0 Å². The number of carbonyl (C=O) groups excluding carboxylic acids is 1. The summed E-state index contributed by atoms with van der Waals surface area (Å²) in [4.78, 5) is 14.5. The average molecular weight is 238 g/mol. The lowest BCUT2D eigenvalue weighted by Gasteiger charge is -2.36. The van der Waals surface area contributed by atoms with Gasteiger partial charge in [0.1, 0.15) is 0 Å². The van der Waals surface area contributed by atoms with Gasteiger partial charge in [0.15, 0.2) is 0 Å². The maximum atomic E-state index is 12.4. The van der Waals surface area contributed by atoms with Crippen LogP contribution in [-0.2, 0) is 4.79 Å². The van der Waals surface area contributed by atoms with E-state index in [0.29, 0.717) is 11.8 Å². The van der Waals surface area contributed by atoms with Gasteiger partial charge in [-0.3, -0.25) is 10.1 Å². The molecule has 1 heterocycles. The second-order valence-corrected chi connectivity index (χ2v) is 6.73. The highest BCUT2D eigenvalue weighted by atomic mass is 16.2. The third-order valence-electron chi connectivity index (χ3n) is 4.77. The molecule has 98 valence electrons. The first kappa shape index (κ1) is 12.9. The van der Waals surface area contributed by atoms with Crippen molar-refractivity contribution in [3.05, 3.63) is 0 Å². The fourth-order valence-corrected chi connectivity index (χ4v) is 2.48. The number of nitrogens with one attached hydrogen (secondary N) is 1. The predicted octanol–water partition coefficient (Wildman–Crippen LogP) is 2.37. The molecule has 1 aliphatic carbocycles. The van der Waals surface area contributed by atoms with Gasteiger partial charge in [0.25, 0.3) is 0 Å². The summed E-state index contributed by atoms with van der Waals surface area (Å²) in [6.45, 7) is 12.0. The summed E-state index contributed by atoms with van der Waals surface area (Å²) in [5.74, 6) is 0.932. The number of hydrogen-bond acceptors (Lipinski definition) is 2. The number of amides is 1. The van der Waals surface area contributed by atoms with Crippen molar-refractivity contribution in [2.75, 3.05) is 6.54 Å². The molecule has 3 nitrogen and oxygen atoms in total. The first-order chi connectivity index (χ1) is 7.82. The minimum absolute atomic E-state index is 0.159. The van der Waals surface area contributed by atoms with Crippen LogP contribution in [0.5, 0.6) is 0 Å². The molecule has 3 heteroatoms. The van der Waals surface area contributed by atoms with E-state index in [4.69, 9.17) is 0 Å². The zero-order valence-corrected chi connectivity index (χ0v) is 11.8. The molecule has 2 rings (SSSR count). The highest BCUT2D eigenvalue weighted by Gasteiger charge is 2.59. The number of rotatable bonds is 4. The predicted molar refractivity (Wildman–Crippen MR) is 69.5 cm³/mol. The first-order valence-electron chi connectivity index (χ1n) is 6.91. The summed E-state index contributed by atoms with van der Waals surface area (Å²) in [5, 5.41) is 3.53. The van der Waals surface area contributed by atoms with Crippen molar-refractivity contribution in [1.29, 1.82) is 0 Å². The molecule has 2 aliphatic rings. The normalized spacial score (nSPS) is 27.3. The van der Waals surface area contributed by atoms with Crippen molar-refractivity contribution < 1.29 is 4.79 Å². The van der Waals surface area contributed by atoms with E-state index in [9.17, 15) is 4.79 Å². The van der Waals surface area contributed by atoms with Gasteiger partial charge >= 0.3 is 0 Å². The van der Waals surface area contributed by atoms with Crippen molar-refractivity contribution in [1.82, 2.24) is 10.2 Å². The van der Waals surface area contributed by atoms with E-state index in [-0.39, 0.29) is 17.1 Å². The summed E-state index contributed by atoms with van der Waals surface area (Å²) in [6.07, 6.45) is 3.31. The lowest BCUT2D eigenvalue weighted by Crippen LogP contribution is -2.44. The smallest absolute Gasteiger partial charge is 0.244 e. The molecule has 1 atom stereocenters. The molecule has 1 aliphatic heterocycles. The van der Waals surface area contributed by atoms with Crippen LogP contribution in [0.2, 0.25) is 0 Å². The van der Waals surface area contributed by atoms with Gasteiger partial charge in [-0.2, -0.15) is 0 Å². The lowest BCUT2D eigenvalue weighted by atomic mass is 9.80. The third kappa shape index (κ3) is 2.10. The summed E-state index contributed by atoms with van der Waals surface area (Å²) in [7, 11) is 0. The van der Waals surface area contributed by atoms with Gasteiger partial charge in [-0.05, 0) is 30.6 Å². The zero-order valence-electron chi connectivity index (χ0n) is 11.8. The van der Waals surface area contributed by atoms with E-state index in [0.717, 1.165) is 25.8 Å². The van der Waals surface area contributed by atoms with E-state index in [1.165, 1.54) is 0 Å². The van der Waals surface area contributed by atoms with Crippen LogP contribution in [0.4, 0.5) is 0 Å². The molecule has 1 saturated heterocycles. The Bertz CT molecular complexity index is 318. The Morgan fingerprint density at radius 3 is 2.47 bits per heavy atom. The number of nitrogens with zero attached hydrogens (tertiary/aromatic N) is 1. The largest absolute Gasteiger partial charge is 0.325 e. The van der Waals surface area contributed by atoms with Crippen LogP contribution in [0.15, 0.2) is 0 Å². The number of carbonyl (C=O) groups is 1. The maximum absolute atomic E-state index is 12.4. The molecule has 1 unspecified atom stereocenters.